The van der Waals surface area contributed by atoms with Crippen molar-refractivity contribution in [3.8, 4) is 0 Å². The summed E-state index contributed by atoms with van der Waals surface area (Å²) in [5.41, 5.74) is 1.15. The van der Waals surface area contributed by atoms with Gasteiger partial charge in [0, 0.05) is 18.7 Å². The zero-order chi connectivity index (χ0) is 13.1. The van der Waals surface area contributed by atoms with E-state index in [-0.39, 0.29) is 6.04 Å². The third-order valence-corrected chi connectivity index (χ3v) is 3.21. The van der Waals surface area contributed by atoms with Crippen molar-refractivity contribution in [3.05, 3.63) is 30.3 Å². The molecule has 6 heteroatoms. The summed E-state index contributed by atoms with van der Waals surface area (Å²) >= 11 is 0. The van der Waals surface area contributed by atoms with E-state index in [1.165, 1.54) is 0 Å². The van der Waals surface area contributed by atoms with Crippen molar-refractivity contribution in [1.82, 2.24) is 0 Å². The van der Waals surface area contributed by atoms with Crippen LogP contribution in [0.25, 0.3) is 0 Å². The van der Waals surface area contributed by atoms with Crippen LogP contribution in [0.3, 0.4) is 0 Å². The van der Waals surface area contributed by atoms with E-state index in [4.69, 9.17) is 4.74 Å². The summed E-state index contributed by atoms with van der Waals surface area (Å²) in [5, 5.41) is 7.19. The van der Waals surface area contributed by atoms with Gasteiger partial charge in [0.05, 0.1) is 19.3 Å². The van der Waals surface area contributed by atoms with Gasteiger partial charge in [0.1, 0.15) is 0 Å². The Bertz CT molecular complexity index is 527. The van der Waals surface area contributed by atoms with Crippen LogP contribution in [0.4, 0.5) is 10.5 Å². The lowest BCUT2D eigenvalue weighted by Gasteiger charge is -2.37. The highest BCUT2D eigenvalue weighted by Gasteiger charge is 2.26. The van der Waals surface area contributed by atoms with Gasteiger partial charge in [0.2, 0.25) is 0 Å². The van der Waals surface area contributed by atoms with Gasteiger partial charge in [0.25, 0.3) is 0 Å². The molecule has 0 spiro atoms. The molecule has 3 rings (SSSR count). The number of aliphatic imine (C=N–C) groups is 1. The molecule has 1 unspecified atom stereocenters. The number of benzene rings is 1. The number of anilines is 1. The average Bonchev–Trinajstić information content (AvgIpc) is 2.86. The second kappa shape index (κ2) is 5.27. The summed E-state index contributed by atoms with van der Waals surface area (Å²) in [6.45, 7) is 2.14. The van der Waals surface area contributed by atoms with Gasteiger partial charge < -0.3 is 9.64 Å². The Morgan fingerprint density at radius 1 is 1.26 bits per heavy atom. The first kappa shape index (κ1) is 12.0. The summed E-state index contributed by atoms with van der Waals surface area (Å²) in [5.74, 6) is 0.487. The fourth-order valence-corrected chi connectivity index (χ4v) is 2.34. The molecule has 2 aliphatic heterocycles. The Morgan fingerprint density at radius 2 is 2.11 bits per heavy atom. The van der Waals surface area contributed by atoms with E-state index in [1.54, 1.807) is 0 Å². The highest BCUT2D eigenvalue weighted by Crippen LogP contribution is 2.22. The summed E-state index contributed by atoms with van der Waals surface area (Å²) in [6, 6.07) is 9.78. The molecule has 1 aromatic carbocycles. The maximum atomic E-state index is 11.0. The molecule has 2 heterocycles. The van der Waals surface area contributed by atoms with Crippen LogP contribution < -0.4 is 4.90 Å². The van der Waals surface area contributed by atoms with E-state index in [1.807, 2.05) is 18.2 Å². The number of amidine groups is 1. The van der Waals surface area contributed by atoms with Gasteiger partial charge in [-0.05, 0) is 12.1 Å². The molecule has 2 amide bonds. The number of rotatable bonds is 3. The van der Waals surface area contributed by atoms with Crippen molar-refractivity contribution < 1.29 is 9.53 Å². The largest absolute Gasteiger partial charge is 0.387 e. The zero-order valence-corrected chi connectivity index (χ0v) is 10.4. The van der Waals surface area contributed by atoms with Crippen LogP contribution in [0.15, 0.2) is 45.6 Å². The van der Waals surface area contributed by atoms with E-state index in [2.05, 4.69) is 32.3 Å². The van der Waals surface area contributed by atoms with Crippen LogP contribution in [0, 0.1) is 0 Å². The lowest BCUT2D eigenvalue weighted by molar-refractivity contribution is 0.0959. The van der Waals surface area contributed by atoms with Gasteiger partial charge in [-0.25, -0.2) is 4.79 Å². The smallest absolute Gasteiger partial charge is 0.377 e. The molecular weight excluding hydrogens is 244 g/mol. The number of carbonyl (C=O) groups is 1. The van der Waals surface area contributed by atoms with E-state index < -0.39 is 6.03 Å². The molecule has 1 atom stereocenters. The van der Waals surface area contributed by atoms with E-state index in [0.717, 1.165) is 12.2 Å². The Hall–Kier alpha value is -2.08. The van der Waals surface area contributed by atoms with Crippen molar-refractivity contribution in [3.63, 3.8) is 0 Å². The molecule has 1 aromatic rings. The fourth-order valence-electron chi connectivity index (χ4n) is 2.34. The lowest BCUT2D eigenvalue weighted by Crippen LogP contribution is -2.46. The summed E-state index contributed by atoms with van der Waals surface area (Å²) in [4.78, 5) is 17.0. The highest BCUT2D eigenvalue weighted by molar-refractivity contribution is 5.98. The minimum Gasteiger partial charge on any atom is -0.377 e. The molecule has 98 valence electrons. The molecule has 0 saturated carbocycles. The molecule has 19 heavy (non-hydrogen) atoms. The van der Waals surface area contributed by atoms with E-state index >= 15 is 0 Å². The maximum absolute atomic E-state index is 11.0. The Balaban J connectivity index is 1.76. The Morgan fingerprint density at radius 3 is 2.84 bits per heavy atom. The van der Waals surface area contributed by atoms with Crippen molar-refractivity contribution in [2.24, 2.45) is 15.2 Å². The number of hydrogen-bond donors (Lipinski definition) is 0. The third-order valence-electron chi connectivity index (χ3n) is 3.21. The SMILES string of the molecule is O=C1N=NC(CC2COCCN2c2ccccc2)=N1. The molecule has 0 aliphatic carbocycles. The zero-order valence-electron chi connectivity index (χ0n) is 10.4. The molecule has 1 fully saturated rings. The van der Waals surface area contributed by atoms with Crippen LogP contribution in [-0.4, -0.2) is 37.7 Å². The molecule has 2 aliphatic rings. The molecular formula is C13H14N4O2. The minimum absolute atomic E-state index is 0.139. The van der Waals surface area contributed by atoms with Crippen LogP contribution in [0.5, 0.6) is 0 Å². The number of urea groups is 1. The van der Waals surface area contributed by atoms with Crippen molar-refractivity contribution in [1.29, 1.82) is 0 Å². The van der Waals surface area contributed by atoms with Crippen LogP contribution >= 0.6 is 0 Å². The number of azo groups is 1. The highest BCUT2D eigenvalue weighted by atomic mass is 16.5. The second-order valence-corrected chi connectivity index (χ2v) is 4.47. The summed E-state index contributed by atoms with van der Waals surface area (Å²) < 4.78 is 5.52. The van der Waals surface area contributed by atoms with Crippen molar-refractivity contribution in [2.45, 2.75) is 12.5 Å². The van der Waals surface area contributed by atoms with E-state index in [0.29, 0.717) is 25.5 Å². The predicted molar refractivity (Wildman–Crippen MR) is 70.7 cm³/mol. The number of para-hydroxylation sites is 1. The Labute approximate surface area is 110 Å². The molecule has 0 N–H and O–H groups in total. The van der Waals surface area contributed by atoms with Gasteiger partial charge >= 0.3 is 6.03 Å². The van der Waals surface area contributed by atoms with Crippen LogP contribution in [0.2, 0.25) is 0 Å². The number of morpholine rings is 1. The standard InChI is InChI=1S/C13H14N4O2/c18-13-14-12(15-16-13)8-11-9-19-7-6-17(11)10-4-2-1-3-5-10/h1-5,11H,6-9H2. The number of ether oxygens (including phenoxy) is 1. The number of hydrogen-bond acceptors (Lipinski definition) is 4. The van der Waals surface area contributed by atoms with Crippen molar-refractivity contribution in [2.75, 3.05) is 24.7 Å². The second-order valence-electron chi connectivity index (χ2n) is 4.47. The van der Waals surface area contributed by atoms with Gasteiger partial charge in [-0.1, -0.05) is 23.3 Å². The van der Waals surface area contributed by atoms with Crippen LogP contribution in [-0.2, 0) is 4.74 Å². The minimum atomic E-state index is -0.516. The summed E-state index contributed by atoms with van der Waals surface area (Å²) in [7, 11) is 0. The monoisotopic (exact) mass is 258 g/mol. The van der Waals surface area contributed by atoms with Gasteiger partial charge in [-0.15, -0.1) is 5.11 Å². The van der Waals surface area contributed by atoms with Gasteiger partial charge in [-0.3, -0.25) is 0 Å². The number of amides is 2. The van der Waals surface area contributed by atoms with Crippen molar-refractivity contribution >= 4 is 17.6 Å². The molecule has 0 radical (unpaired) electrons. The first-order valence-corrected chi connectivity index (χ1v) is 6.25. The van der Waals surface area contributed by atoms with Gasteiger partial charge in [-0.2, -0.15) is 4.99 Å². The lowest BCUT2D eigenvalue weighted by atomic mass is 10.1. The normalized spacial score (nSPS) is 22.7. The molecule has 0 aromatic heterocycles. The first-order chi connectivity index (χ1) is 9.33. The topological polar surface area (TPSA) is 66.6 Å². The Kier molecular flexibility index (Phi) is 3.33. The van der Waals surface area contributed by atoms with Gasteiger partial charge in [0.15, 0.2) is 5.84 Å². The summed E-state index contributed by atoms with van der Waals surface area (Å²) in [6.07, 6.45) is 0.574. The molecule has 0 bridgehead atoms. The molecule has 6 nitrogen and oxygen atoms in total. The fraction of sp³-hybridized carbons (Fsp3) is 0.385. The van der Waals surface area contributed by atoms with Crippen LogP contribution in [0.1, 0.15) is 6.42 Å². The quantitative estimate of drug-likeness (QED) is 0.835. The predicted octanol–water partition coefficient (Wildman–Crippen LogP) is 2.27. The molecule has 1 saturated heterocycles. The van der Waals surface area contributed by atoms with E-state index in [9.17, 15) is 4.79 Å². The average molecular weight is 258 g/mol. The maximum Gasteiger partial charge on any atom is 0.387 e. The number of carbonyl (C=O) groups excluding carboxylic acids is 1. The number of nitrogens with zero attached hydrogens (tertiary/aromatic N) is 4. The first-order valence-electron chi connectivity index (χ1n) is 6.25. The third kappa shape index (κ3) is 2.68.